The fourth-order valence-corrected chi connectivity index (χ4v) is 2.37. The molecule has 7 heteroatoms. The van der Waals surface area contributed by atoms with Gasteiger partial charge in [0.2, 0.25) is 5.70 Å². The van der Waals surface area contributed by atoms with Crippen molar-refractivity contribution in [2.75, 3.05) is 0 Å². The molecule has 0 aromatic heterocycles. The highest BCUT2D eigenvalue weighted by molar-refractivity contribution is 5.69. The Balaban J connectivity index is 2.15. The lowest BCUT2D eigenvalue weighted by Crippen LogP contribution is -2.21. The molecule has 1 aliphatic rings. The van der Waals surface area contributed by atoms with E-state index in [-0.39, 0.29) is 28.8 Å². The SMILES string of the molecule is CC(N=CC1(C)C=CC=C([N+](=O)[O-])C1)c1cccc([N+](=O)[O-])c1. The van der Waals surface area contributed by atoms with Gasteiger partial charge in [-0.1, -0.05) is 31.2 Å². The number of nitrogens with zero attached hydrogens (tertiary/aromatic N) is 3. The van der Waals surface area contributed by atoms with Crippen molar-refractivity contribution in [1.82, 2.24) is 0 Å². The fraction of sp³-hybridized carbons (Fsp3) is 0.312. The van der Waals surface area contributed by atoms with E-state index >= 15 is 0 Å². The Hall–Kier alpha value is -2.83. The van der Waals surface area contributed by atoms with Crippen LogP contribution in [0, 0.1) is 25.6 Å². The van der Waals surface area contributed by atoms with E-state index in [9.17, 15) is 20.2 Å². The Morgan fingerprint density at radius 2 is 2.04 bits per heavy atom. The van der Waals surface area contributed by atoms with Crippen molar-refractivity contribution in [2.45, 2.75) is 26.3 Å². The third kappa shape index (κ3) is 4.09. The molecule has 1 aliphatic carbocycles. The number of allylic oxidation sites excluding steroid dienone is 4. The maximum Gasteiger partial charge on any atom is 0.269 e. The first-order valence-corrected chi connectivity index (χ1v) is 7.12. The van der Waals surface area contributed by atoms with Crippen LogP contribution in [0.1, 0.15) is 31.9 Å². The van der Waals surface area contributed by atoms with Crippen LogP contribution >= 0.6 is 0 Å². The van der Waals surface area contributed by atoms with Crippen molar-refractivity contribution in [2.24, 2.45) is 10.4 Å². The van der Waals surface area contributed by atoms with Crippen LogP contribution in [0.15, 0.2) is 53.2 Å². The molecular formula is C16H17N3O4. The molecule has 0 aliphatic heterocycles. The number of benzene rings is 1. The predicted molar refractivity (Wildman–Crippen MR) is 86.9 cm³/mol. The summed E-state index contributed by atoms with van der Waals surface area (Å²) >= 11 is 0. The summed E-state index contributed by atoms with van der Waals surface area (Å²) in [5.74, 6) is 0. The van der Waals surface area contributed by atoms with Gasteiger partial charge >= 0.3 is 0 Å². The second-order valence-corrected chi connectivity index (χ2v) is 5.76. The zero-order valence-electron chi connectivity index (χ0n) is 12.9. The van der Waals surface area contributed by atoms with Gasteiger partial charge < -0.3 is 0 Å². The zero-order chi connectivity index (χ0) is 17.0. The van der Waals surface area contributed by atoms with Gasteiger partial charge in [0.15, 0.2) is 0 Å². The number of rotatable bonds is 5. The highest BCUT2D eigenvalue weighted by Crippen LogP contribution is 2.31. The van der Waals surface area contributed by atoms with Crippen molar-refractivity contribution in [1.29, 1.82) is 0 Å². The molecule has 0 saturated heterocycles. The van der Waals surface area contributed by atoms with Crippen LogP contribution in [0.3, 0.4) is 0 Å². The summed E-state index contributed by atoms with van der Waals surface area (Å²) in [4.78, 5) is 25.3. The van der Waals surface area contributed by atoms with Crippen molar-refractivity contribution < 1.29 is 9.85 Å². The molecule has 23 heavy (non-hydrogen) atoms. The maximum absolute atomic E-state index is 10.9. The van der Waals surface area contributed by atoms with Crippen LogP contribution in [0.5, 0.6) is 0 Å². The standard InChI is InChI=1S/C16H17N3O4/c1-12(13-5-3-6-14(9-13)18(20)21)17-11-16(2)8-4-7-15(10-16)19(22)23/h3-9,11-12H,10H2,1-2H3. The summed E-state index contributed by atoms with van der Waals surface area (Å²) in [6.45, 7) is 3.69. The van der Waals surface area contributed by atoms with Gasteiger partial charge in [0.05, 0.1) is 22.3 Å². The van der Waals surface area contributed by atoms with Crippen LogP contribution in [0.25, 0.3) is 0 Å². The molecule has 120 valence electrons. The molecular weight excluding hydrogens is 298 g/mol. The van der Waals surface area contributed by atoms with Gasteiger partial charge in [-0.25, -0.2) is 0 Å². The van der Waals surface area contributed by atoms with Gasteiger partial charge in [-0.05, 0) is 12.5 Å². The van der Waals surface area contributed by atoms with Gasteiger partial charge in [0, 0.05) is 29.8 Å². The first-order chi connectivity index (χ1) is 10.8. The molecule has 1 aromatic rings. The number of hydrogen-bond acceptors (Lipinski definition) is 5. The van der Waals surface area contributed by atoms with Gasteiger partial charge in [0.25, 0.3) is 5.69 Å². The lowest BCUT2D eigenvalue weighted by Gasteiger charge is -2.22. The Morgan fingerprint density at radius 1 is 1.30 bits per heavy atom. The molecule has 0 saturated carbocycles. The van der Waals surface area contributed by atoms with Gasteiger partial charge in [-0.2, -0.15) is 0 Å². The molecule has 0 N–H and O–H groups in total. The van der Waals surface area contributed by atoms with E-state index < -0.39 is 10.3 Å². The summed E-state index contributed by atoms with van der Waals surface area (Å²) in [5.41, 5.74) is 0.354. The first-order valence-electron chi connectivity index (χ1n) is 7.12. The number of hydrogen-bond donors (Lipinski definition) is 0. The molecule has 2 unspecified atom stereocenters. The van der Waals surface area contributed by atoms with Crippen molar-refractivity contribution in [3.05, 3.63) is 74.0 Å². The van der Waals surface area contributed by atoms with Crippen LogP contribution in [-0.2, 0) is 0 Å². The average Bonchev–Trinajstić information content (AvgIpc) is 2.52. The lowest BCUT2D eigenvalue weighted by atomic mass is 9.83. The molecule has 0 heterocycles. The predicted octanol–water partition coefficient (Wildman–Crippen LogP) is 3.85. The van der Waals surface area contributed by atoms with E-state index in [0.29, 0.717) is 0 Å². The summed E-state index contributed by atoms with van der Waals surface area (Å²) < 4.78 is 0. The Kier molecular flexibility index (Phi) is 4.68. The number of non-ortho nitro benzene ring substituents is 1. The Morgan fingerprint density at radius 3 is 2.70 bits per heavy atom. The molecule has 2 atom stereocenters. The highest BCUT2D eigenvalue weighted by Gasteiger charge is 2.28. The van der Waals surface area contributed by atoms with E-state index in [1.807, 2.05) is 19.9 Å². The Labute approximate surface area is 133 Å². The van der Waals surface area contributed by atoms with E-state index in [4.69, 9.17) is 0 Å². The Bertz CT molecular complexity index is 724. The molecule has 0 bridgehead atoms. The summed E-state index contributed by atoms with van der Waals surface area (Å²) in [6.07, 6.45) is 6.96. The fourth-order valence-electron chi connectivity index (χ4n) is 2.37. The molecule has 0 spiro atoms. The van der Waals surface area contributed by atoms with E-state index in [2.05, 4.69) is 4.99 Å². The monoisotopic (exact) mass is 315 g/mol. The van der Waals surface area contributed by atoms with Gasteiger partial charge in [-0.15, -0.1) is 0 Å². The molecule has 7 nitrogen and oxygen atoms in total. The minimum atomic E-state index is -0.536. The largest absolute Gasteiger partial charge is 0.289 e. The second-order valence-electron chi connectivity index (χ2n) is 5.76. The van der Waals surface area contributed by atoms with Crippen molar-refractivity contribution >= 4 is 11.9 Å². The summed E-state index contributed by atoms with van der Waals surface area (Å²) in [5, 5.41) is 21.7. The van der Waals surface area contributed by atoms with Crippen LogP contribution in [-0.4, -0.2) is 16.1 Å². The highest BCUT2D eigenvalue weighted by atomic mass is 16.6. The molecule has 0 radical (unpaired) electrons. The van der Waals surface area contributed by atoms with Crippen LogP contribution < -0.4 is 0 Å². The third-order valence-corrected chi connectivity index (χ3v) is 3.72. The average molecular weight is 315 g/mol. The van der Waals surface area contributed by atoms with Crippen molar-refractivity contribution in [3.63, 3.8) is 0 Å². The smallest absolute Gasteiger partial charge is 0.269 e. The number of nitro benzene ring substituents is 1. The zero-order valence-corrected chi connectivity index (χ0v) is 12.9. The lowest BCUT2D eigenvalue weighted by molar-refractivity contribution is -0.429. The third-order valence-electron chi connectivity index (χ3n) is 3.72. The van der Waals surface area contributed by atoms with Crippen molar-refractivity contribution in [3.8, 4) is 0 Å². The van der Waals surface area contributed by atoms with Crippen LogP contribution in [0.4, 0.5) is 5.69 Å². The molecule has 2 rings (SSSR count). The molecule has 0 amide bonds. The van der Waals surface area contributed by atoms with E-state index in [0.717, 1.165) is 5.56 Å². The van der Waals surface area contributed by atoms with E-state index in [1.165, 1.54) is 18.2 Å². The second kappa shape index (κ2) is 6.51. The minimum absolute atomic E-state index is 0.0203. The van der Waals surface area contributed by atoms with E-state index in [1.54, 1.807) is 24.4 Å². The van der Waals surface area contributed by atoms with Gasteiger partial charge in [-0.3, -0.25) is 25.2 Å². The molecule has 1 aromatic carbocycles. The first kappa shape index (κ1) is 16.5. The topological polar surface area (TPSA) is 98.6 Å². The summed E-state index contributed by atoms with van der Waals surface area (Å²) in [6, 6.07) is 6.04. The minimum Gasteiger partial charge on any atom is -0.289 e. The van der Waals surface area contributed by atoms with Gasteiger partial charge in [0.1, 0.15) is 0 Å². The normalized spacial score (nSPS) is 21.9. The van der Waals surface area contributed by atoms with Crippen LogP contribution in [0.2, 0.25) is 0 Å². The number of aliphatic imine (C=N–C) groups is 1. The number of nitro groups is 2. The summed E-state index contributed by atoms with van der Waals surface area (Å²) in [7, 11) is 0. The maximum atomic E-state index is 10.9. The quantitative estimate of drug-likeness (QED) is 0.468. The molecule has 0 fully saturated rings.